The highest BCUT2D eigenvalue weighted by molar-refractivity contribution is 5.82. The summed E-state index contributed by atoms with van der Waals surface area (Å²) in [6.45, 7) is 8.14. The van der Waals surface area contributed by atoms with Gasteiger partial charge in [-0.3, -0.25) is 14.6 Å². The molecule has 0 spiro atoms. The maximum atomic E-state index is 13.5. The molecule has 1 aliphatic heterocycles. The van der Waals surface area contributed by atoms with E-state index in [1.54, 1.807) is 12.1 Å². The molecule has 1 aliphatic carbocycles. The minimum atomic E-state index is -0.230. The number of benzene rings is 2. The van der Waals surface area contributed by atoms with Gasteiger partial charge < -0.3 is 5.32 Å². The Morgan fingerprint density at radius 3 is 2.48 bits per heavy atom. The lowest BCUT2D eigenvalue weighted by Gasteiger charge is -2.31. The molecule has 5 heteroatoms. The Morgan fingerprint density at radius 2 is 1.79 bits per heavy atom. The monoisotopic (exact) mass is 451 g/mol. The van der Waals surface area contributed by atoms with Crippen molar-refractivity contribution >= 4 is 5.91 Å². The Labute approximate surface area is 198 Å². The number of carbonyl (C=O) groups is 1. The molecular weight excluding hydrogens is 413 g/mol. The molecule has 4 nitrogen and oxygen atoms in total. The van der Waals surface area contributed by atoms with Gasteiger partial charge in [0.1, 0.15) is 5.82 Å². The molecule has 2 aliphatic rings. The van der Waals surface area contributed by atoms with Gasteiger partial charge in [-0.25, -0.2) is 4.39 Å². The second kappa shape index (κ2) is 10.8. The van der Waals surface area contributed by atoms with E-state index in [1.807, 2.05) is 7.05 Å². The SMILES string of the molecule is CC(C)C[C@@H](C(=O)NC1CC[C@H]2CN(Cc3ccccc3)CC12)N(C)Cc1ccc(F)cc1. The molecular formula is C28H38FN3O. The van der Waals surface area contributed by atoms with Crippen LogP contribution in [-0.2, 0) is 17.9 Å². The highest BCUT2D eigenvalue weighted by atomic mass is 19.1. The maximum absolute atomic E-state index is 13.5. The zero-order valence-electron chi connectivity index (χ0n) is 20.2. The molecule has 33 heavy (non-hydrogen) atoms. The zero-order valence-corrected chi connectivity index (χ0v) is 20.2. The molecule has 2 fully saturated rings. The van der Waals surface area contributed by atoms with Crippen molar-refractivity contribution in [1.82, 2.24) is 15.1 Å². The molecule has 1 saturated heterocycles. The topological polar surface area (TPSA) is 35.6 Å². The van der Waals surface area contributed by atoms with Crippen molar-refractivity contribution in [1.29, 1.82) is 0 Å². The third-order valence-electron chi connectivity index (χ3n) is 7.38. The first-order valence-corrected chi connectivity index (χ1v) is 12.4. The first-order valence-electron chi connectivity index (χ1n) is 12.4. The van der Waals surface area contributed by atoms with E-state index in [2.05, 4.69) is 59.3 Å². The number of rotatable bonds is 9. The van der Waals surface area contributed by atoms with Crippen LogP contribution in [0, 0.1) is 23.6 Å². The first-order chi connectivity index (χ1) is 15.9. The quantitative estimate of drug-likeness (QED) is 0.600. The second-order valence-corrected chi connectivity index (χ2v) is 10.5. The van der Waals surface area contributed by atoms with Gasteiger partial charge in [0, 0.05) is 32.2 Å². The zero-order chi connectivity index (χ0) is 23.4. The summed E-state index contributed by atoms with van der Waals surface area (Å²) in [5.74, 6) is 1.55. The van der Waals surface area contributed by atoms with Crippen LogP contribution >= 0.6 is 0 Å². The molecule has 1 amide bonds. The Bertz CT molecular complexity index is 901. The van der Waals surface area contributed by atoms with E-state index in [-0.39, 0.29) is 23.8 Å². The van der Waals surface area contributed by atoms with E-state index < -0.39 is 0 Å². The van der Waals surface area contributed by atoms with E-state index in [9.17, 15) is 9.18 Å². The van der Waals surface area contributed by atoms with Gasteiger partial charge in [0.05, 0.1) is 6.04 Å². The third-order valence-corrected chi connectivity index (χ3v) is 7.38. The number of likely N-dealkylation sites (tertiary alicyclic amines) is 1. The minimum absolute atomic E-state index is 0.139. The minimum Gasteiger partial charge on any atom is -0.352 e. The number of nitrogens with one attached hydrogen (secondary N) is 1. The molecule has 2 unspecified atom stereocenters. The third kappa shape index (κ3) is 6.21. The molecule has 2 aromatic rings. The van der Waals surface area contributed by atoms with Crippen molar-refractivity contribution in [2.24, 2.45) is 17.8 Å². The van der Waals surface area contributed by atoms with Crippen LogP contribution < -0.4 is 5.32 Å². The number of fused-ring (bicyclic) bond motifs is 1. The van der Waals surface area contributed by atoms with Gasteiger partial charge in [0.2, 0.25) is 5.91 Å². The van der Waals surface area contributed by atoms with Gasteiger partial charge in [-0.05, 0) is 67.3 Å². The lowest BCUT2D eigenvalue weighted by Crippen LogP contribution is -2.50. The first kappa shape index (κ1) is 23.9. The van der Waals surface area contributed by atoms with Crippen molar-refractivity contribution in [2.45, 2.75) is 58.3 Å². The Morgan fingerprint density at radius 1 is 1.06 bits per heavy atom. The lowest BCUT2D eigenvalue weighted by atomic mass is 9.96. The summed E-state index contributed by atoms with van der Waals surface area (Å²) >= 11 is 0. The lowest BCUT2D eigenvalue weighted by molar-refractivity contribution is -0.127. The fourth-order valence-electron chi connectivity index (χ4n) is 5.71. The van der Waals surface area contributed by atoms with Crippen molar-refractivity contribution in [3.63, 3.8) is 0 Å². The van der Waals surface area contributed by atoms with E-state index >= 15 is 0 Å². The predicted octanol–water partition coefficient (Wildman–Crippen LogP) is 4.70. The van der Waals surface area contributed by atoms with E-state index in [0.717, 1.165) is 38.0 Å². The predicted molar refractivity (Wildman–Crippen MR) is 131 cm³/mol. The number of hydrogen-bond acceptors (Lipinski definition) is 3. The molecule has 1 heterocycles. The number of halogens is 1. The Balaban J connectivity index is 1.36. The maximum Gasteiger partial charge on any atom is 0.237 e. The largest absolute Gasteiger partial charge is 0.352 e. The van der Waals surface area contributed by atoms with Gasteiger partial charge in [-0.1, -0.05) is 56.3 Å². The molecule has 0 aromatic heterocycles. The molecule has 0 radical (unpaired) electrons. The average Bonchev–Trinajstić information content (AvgIpc) is 3.35. The summed E-state index contributed by atoms with van der Waals surface area (Å²) in [7, 11) is 2.00. The fraction of sp³-hybridized carbons (Fsp3) is 0.536. The molecule has 1 saturated carbocycles. The molecule has 0 bridgehead atoms. The number of likely N-dealkylation sites (N-methyl/N-ethyl adjacent to an activating group) is 1. The van der Waals surface area contributed by atoms with Gasteiger partial charge in [-0.15, -0.1) is 0 Å². The van der Waals surface area contributed by atoms with Crippen LogP contribution in [0.2, 0.25) is 0 Å². The number of hydrogen-bond donors (Lipinski definition) is 1. The normalized spacial score (nSPS) is 23.8. The Kier molecular flexibility index (Phi) is 7.82. The summed E-state index contributed by atoms with van der Waals surface area (Å²) < 4.78 is 13.3. The van der Waals surface area contributed by atoms with Crippen molar-refractivity contribution in [3.05, 3.63) is 71.5 Å². The second-order valence-electron chi connectivity index (χ2n) is 10.5. The van der Waals surface area contributed by atoms with Gasteiger partial charge >= 0.3 is 0 Å². The molecule has 4 rings (SSSR count). The van der Waals surface area contributed by atoms with Crippen molar-refractivity contribution in [2.75, 3.05) is 20.1 Å². The van der Waals surface area contributed by atoms with E-state index in [0.29, 0.717) is 24.3 Å². The highest BCUT2D eigenvalue weighted by Gasteiger charge is 2.43. The van der Waals surface area contributed by atoms with Crippen LogP contribution in [0.4, 0.5) is 4.39 Å². The van der Waals surface area contributed by atoms with Crippen molar-refractivity contribution < 1.29 is 9.18 Å². The molecule has 1 N–H and O–H groups in total. The van der Waals surface area contributed by atoms with Crippen LogP contribution in [0.15, 0.2) is 54.6 Å². The smallest absolute Gasteiger partial charge is 0.237 e. The Hall–Kier alpha value is -2.24. The van der Waals surface area contributed by atoms with Crippen LogP contribution in [0.25, 0.3) is 0 Å². The molecule has 178 valence electrons. The van der Waals surface area contributed by atoms with Crippen LogP contribution in [0.5, 0.6) is 0 Å². The average molecular weight is 452 g/mol. The summed E-state index contributed by atoms with van der Waals surface area (Å²) in [5.41, 5.74) is 2.38. The highest BCUT2D eigenvalue weighted by Crippen LogP contribution is 2.38. The van der Waals surface area contributed by atoms with Crippen LogP contribution in [0.1, 0.15) is 44.2 Å². The standard InChI is InChI=1S/C28H38FN3O/c1-20(2)15-27(31(3)16-22-9-12-24(29)13-10-22)28(33)30-26-14-11-23-18-32(19-25(23)26)17-21-7-5-4-6-8-21/h4-10,12-13,20,23,25-27H,11,14-19H2,1-3H3,(H,30,33)/t23-,25?,26?,27-/m0/s1. The number of nitrogens with zero attached hydrogens (tertiary/aromatic N) is 2. The van der Waals surface area contributed by atoms with Gasteiger partial charge in [0.25, 0.3) is 0 Å². The summed E-state index contributed by atoms with van der Waals surface area (Å²) in [4.78, 5) is 18.1. The number of amides is 1. The van der Waals surface area contributed by atoms with Crippen LogP contribution in [0.3, 0.4) is 0 Å². The van der Waals surface area contributed by atoms with Gasteiger partial charge in [-0.2, -0.15) is 0 Å². The van der Waals surface area contributed by atoms with E-state index in [4.69, 9.17) is 0 Å². The molecule has 2 aromatic carbocycles. The summed E-state index contributed by atoms with van der Waals surface area (Å²) in [6, 6.07) is 17.3. The summed E-state index contributed by atoms with van der Waals surface area (Å²) in [5, 5.41) is 3.45. The molecule has 4 atom stereocenters. The fourth-order valence-corrected chi connectivity index (χ4v) is 5.71. The summed E-state index contributed by atoms with van der Waals surface area (Å²) in [6.07, 6.45) is 3.09. The van der Waals surface area contributed by atoms with Crippen LogP contribution in [-0.4, -0.2) is 47.9 Å². The van der Waals surface area contributed by atoms with E-state index in [1.165, 1.54) is 24.1 Å². The van der Waals surface area contributed by atoms with Gasteiger partial charge in [0.15, 0.2) is 0 Å². The van der Waals surface area contributed by atoms with Crippen molar-refractivity contribution in [3.8, 4) is 0 Å². The number of carbonyl (C=O) groups excluding carboxylic acids is 1.